The number of ether oxygens (including phenoxy) is 2. The molecule has 3 rings (SSSR count). The number of aromatic amines is 1. The molecule has 2 aromatic heterocycles. The third-order valence-electron chi connectivity index (χ3n) is 4.59. The van der Waals surface area contributed by atoms with Gasteiger partial charge in [0, 0.05) is 23.5 Å². The van der Waals surface area contributed by atoms with Crippen LogP contribution in [0.15, 0.2) is 47.4 Å². The van der Waals surface area contributed by atoms with Crippen molar-refractivity contribution in [3.63, 3.8) is 0 Å². The van der Waals surface area contributed by atoms with Crippen LogP contribution in [-0.2, 0) is 6.42 Å². The Kier molecular flexibility index (Phi) is 7.03. The second-order valence-electron chi connectivity index (χ2n) is 6.72. The SMILES string of the molecule is CCc1cc(=O)[nH]c(-c2ccc(NC(C)c3ccc(OCCO)c(OC)c3)nc2)n1. The van der Waals surface area contributed by atoms with Crippen LogP contribution in [-0.4, -0.2) is 40.4 Å². The number of H-pyrrole nitrogens is 1. The summed E-state index contributed by atoms with van der Waals surface area (Å²) in [5.74, 6) is 2.39. The molecule has 1 aromatic carbocycles. The molecule has 8 nitrogen and oxygen atoms in total. The van der Waals surface area contributed by atoms with Crippen LogP contribution < -0.4 is 20.3 Å². The number of hydrogen-bond donors (Lipinski definition) is 3. The van der Waals surface area contributed by atoms with Crippen molar-refractivity contribution in [3.8, 4) is 22.9 Å². The number of methoxy groups -OCH3 is 1. The van der Waals surface area contributed by atoms with E-state index in [9.17, 15) is 4.79 Å². The molecule has 30 heavy (non-hydrogen) atoms. The minimum atomic E-state index is -0.173. The number of nitrogens with zero attached hydrogens (tertiary/aromatic N) is 2. The molecule has 2 heterocycles. The molecule has 1 atom stereocenters. The van der Waals surface area contributed by atoms with Crippen LogP contribution in [0.2, 0.25) is 0 Å². The van der Waals surface area contributed by atoms with Gasteiger partial charge in [-0.05, 0) is 43.2 Å². The van der Waals surface area contributed by atoms with E-state index in [0.29, 0.717) is 29.6 Å². The van der Waals surface area contributed by atoms with E-state index in [0.717, 1.165) is 16.8 Å². The average molecular weight is 410 g/mol. The fourth-order valence-electron chi connectivity index (χ4n) is 2.98. The van der Waals surface area contributed by atoms with Gasteiger partial charge in [0.15, 0.2) is 11.5 Å². The first-order chi connectivity index (χ1) is 14.5. The van der Waals surface area contributed by atoms with Gasteiger partial charge in [0.2, 0.25) is 0 Å². The van der Waals surface area contributed by atoms with Gasteiger partial charge in [-0.2, -0.15) is 0 Å². The van der Waals surface area contributed by atoms with Gasteiger partial charge in [-0.3, -0.25) is 4.79 Å². The maximum atomic E-state index is 11.8. The summed E-state index contributed by atoms with van der Waals surface area (Å²) in [5.41, 5.74) is 2.31. The van der Waals surface area contributed by atoms with Gasteiger partial charge in [0.05, 0.1) is 19.8 Å². The Labute approximate surface area is 174 Å². The molecule has 0 saturated carbocycles. The van der Waals surface area contributed by atoms with Crippen molar-refractivity contribution in [2.45, 2.75) is 26.3 Å². The zero-order valence-corrected chi connectivity index (χ0v) is 17.3. The van der Waals surface area contributed by atoms with Gasteiger partial charge in [-0.1, -0.05) is 13.0 Å². The van der Waals surface area contributed by atoms with Crippen LogP contribution in [0.1, 0.15) is 31.1 Å². The van der Waals surface area contributed by atoms with Gasteiger partial charge in [0.1, 0.15) is 18.2 Å². The lowest BCUT2D eigenvalue weighted by Crippen LogP contribution is -2.11. The molecule has 0 aliphatic heterocycles. The fraction of sp³-hybridized carbons (Fsp3) is 0.318. The highest BCUT2D eigenvalue weighted by Crippen LogP contribution is 2.31. The summed E-state index contributed by atoms with van der Waals surface area (Å²) in [7, 11) is 1.58. The molecular weight excluding hydrogens is 384 g/mol. The highest BCUT2D eigenvalue weighted by atomic mass is 16.5. The van der Waals surface area contributed by atoms with E-state index in [1.165, 1.54) is 6.07 Å². The average Bonchev–Trinajstić information content (AvgIpc) is 2.77. The minimum absolute atomic E-state index is 0.0366. The Morgan fingerprint density at radius 1 is 1.20 bits per heavy atom. The Hall–Kier alpha value is -3.39. The lowest BCUT2D eigenvalue weighted by molar-refractivity contribution is 0.196. The molecule has 0 aliphatic carbocycles. The molecular formula is C22H26N4O4. The van der Waals surface area contributed by atoms with E-state index >= 15 is 0 Å². The van der Waals surface area contributed by atoms with Crippen molar-refractivity contribution in [2.75, 3.05) is 25.6 Å². The number of aryl methyl sites for hydroxylation is 1. The highest BCUT2D eigenvalue weighted by molar-refractivity contribution is 5.56. The molecule has 0 radical (unpaired) electrons. The zero-order chi connectivity index (χ0) is 21.5. The molecule has 0 fully saturated rings. The summed E-state index contributed by atoms with van der Waals surface area (Å²) < 4.78 is 10.9. The molecule has 3 N–H and O–H groups in total. The first-order valence-corrected chi connectivity index (χ1v) is 9.78. The molecule has 0 saturated heterocycles. The summed E-state index contributed by atoms with van der Waals surface area (Å²) in [6.45, 7) is 4.12. The van der Waals surface area contributed by atoms with Crippen LogP contribution >= 0.6 is 0 Å². The normalized spacial score (nSPS) is 11.7. The molecule has 0 amide bonds. The number of nitrogens with one attached hydrogen (secondary N) is 2. The van der Waals surface area contributed by atoms with Crippen LogP contribution in [0.3, 0.4) is 0 Å². The maximum absolute atomic E-state index is 11.8. The predicted molar refractivity (Wildman–Crippen MR) is 115 cm³/mol. The van der Waals surface area contributed by atoms with Gasteiger partial charge >= 0.3 is 0 Å². The molecule has 0 spiro atoms. The molecule has 0 bridgehead atoms. The number of hydrogen-bond acceptors (Lipinski definition) is 7. The molecule has 0 aliphatic rings. The second kappa shape index (κ2) is 9.89. The van der Waals surface area contributed by atoms with Gasteiger partial charge in [-0.15, -0.1) is 0 Å². The van der Waals surface area contributed by atoms with E-state index in [-0.39, 0.29) is 24.8 Å². The minimum Gasteiger partial charge on any atom is -0.493 e. The number of benzene rings is 1. The number of pyridine rings is 1. The van der Waals surface area contributed by atoms with Gasteiger partial charge in [-0.25, -0.2) is 9.97 Å². The predicted octanol–water partition coefficient (Wildman–Crippen LogP) is 2.95. The largest absolute Gasteiger partial charge is 0.493 e. The van der Waals surface area contributed by atoms with Crippen LogP contribution in [0, 0.1) is 0 Å². The van der Waals surface area contributed by atoms with Crippen molar-refractivity contribution < 1.29 is 14.6 Å². The lowest BCUT2D eigenvalue weighted by atomic mass is 10.1. The number of aliphatic hydroxyl groups is 1. The van der Waals surface area contributed by atoms with Crippen molar-refractivity contribution in [1.82, 2.24) is 15.0 Å². The summed E-state index contributed by atoms with van der Waals surface area (Å²) >= 11 is 0. The standard InChI is InChI=1S/C22H26N4O4/c1-4-17-12-21(28)26-22(25-17)16-6-8-20(23-13-16)24-14(2)15-5-7-18(30-10-9-27)19(11-15)29-3/h5-8,11-14,27H,4,9-10H2,1-3H3,(H,23,24)(H,25,26,28). The smallest absolute Gasteiger partial charge is 0.251 e. The van der Waals surface area contributed by atoms with Crippen LogP contribution in [0.25, 0.3) is 11.4 Å². The molecule has 8 heteroatoms. The Morgan fingerprint density at radius 3 is 2.70 bits per heavy atom. The maximum Gasteiger partial charge on any atom is 0.251 e. The lowest BCUT2D eigenvalue weighted by Gasteiger charge is -2.17. The van der Waals surface area contributed by atoms with E-state index in [1.807, 2.05) is 44.2 Å². The Morgan fingerprint density at radius 2 is 2.03 bits per heavy atom. The number of aliphatic hydroxyl groups excluding tert-OH is 1. The third-order valence-corrected chi connectivity index (χ3v) is 4.59. The molecule has 158 valence electrons. The van der Waals surface area contributed by atoms with Gasteiger partial charge in [0.25, 0.3) is 5.56 Å². The first-order valence-electron chi connectivity index (χ1n) is 9.78. The Bertz CT molecular complexity index is 1030. The number of anilines is 1. The summed E-state index contributed by atoms with van der Waals surface area (Å²) in [5, 5.41) is 12.3. The Balaban J connectivity index is 1.74. The van der Waals surface area contributed by atoms with Crippen LogP contribution in [0.4, 0.5) is 5.82 Å². The van der Waals surface area contributed by atoms with E-state index in [4.69, 9.17) is 14.6 Å². The third kappa shape index (κ3) is 5.15. The monoisotopic (exact) mass is 410 g/mol. The number of aromatic nitrogens is 3. The fourth-order valence-corrected chi connectivity index (χ4v) is 2.98. The summed E-state index contributed by atoms with van der Waals surface area (Å²) in [6, 6.07) is 10.8. The first kappa shape index (κ1) is 21.3. The van der Waals surface area contributed by atoms with E-state index < -0.39 is 0 Å². The second-order valence-corrected chi connectivity index (χ2v) is 6.72. The summed E-state index contributed by atoms with van der Waals surface area (Å²) in [4.78, 5) is 23.4. The highest BCUT2D eigenvalue weighted by Gasteiger charge is 2.12. The van der Waals surface area contributed by atoms with Crippen molar-refractivity contribution in [1.29, 1.82) is 0 Å². The topological polar surface area (TPSA) is 109 Å². The molecule has 3 aromatic rings. The summed E-state index contributed by atoms with van der Waals surface area (Å²) in [6.07, 6.45) is 2.37. The quantitative estimate of drug-likeness (QED) is 0.497. The van der Waals surface area contributed by atoms with Crippen molar-refractivity contribution in [2.24, 2.45) is 0 Å². The van der Waals surface area contributed by atoms with Crippen molar-refractivity contribution >= 4 is 5.82 Å². The van der Waals surface area contributed by atoms with E-state index in [1.54, 1.807) is 13.3 Å². The zero-order valence-electron chi connectivity index (χ0n) is 17.3. The number of rotatable bonds is 9. The molecule has 1 unspecified atom stereocenters. The van der Waals surface area contributed by atoms with Crippen LogP contribution in [0.5, 0.6) is 11.5 Å². The van der Waals surface area contributed by atoms with Crippen molar-refractivity contribution in [3.05, 3.63) is 64.2 Å². The van der Waals surface area contributed by atoms with Gasteiger partial charge < -0.3 is 24.9 Å². The van der Waals surface area contributed by atoms with E-state index in [2.05, 4.69) is 20.3 Å².